The van der Waals surface area contributed by atoms with E-state index in [1.807, 2.05) is 0 Å². The summed E-state index contributed by atoms with van der Waals surface area (Å²) in [4.78, 5) is 25.9. The van der Waals surface area contributed by atoms with Gasteiger partial charge < -0.3 is 25.0 Å². The van der Waals surface area contributed by atoms with Crippen molar-refractivity contribution < 1.29 is 19.1 Å². The van der Waals surface area contributed by atoms with Crippen molar-refractivity contribution in [3.8, 4) is 11.5 Å². The van der Waals surface area contributed by atoms with E-state index in [-0.39, 0.29) is 5.91 Å². The second-order valence-electron chi connectivity index (χ2n) is 6.78. The molecule has 0 aliphatic heterocycles. The largest absolute Gasteiger partial charge is 0.495 e. The summed E-state index contributed by atoms with van der Waals surface area (Å²) in [5, 5.41) is 14.0. The molecule has 0 aliphatic rings. The molecule has 0 saturated heterocycles. The molecule has 3 rings (SSSR count). The van der Waals surface area contributed by atoms with E-state index in [4.69, 9.17) is 21.1 Å². The fourth-order valence-electron chi connectivity index (χ4n) is 2.93. The highest BCUT2D eigenvalue weighted by atomic mass is 35.5. The lowest BCUT2D eigenvalue weighted by atomic mass is 10.2. The summed E-state index contributed by atoms with van der Waals surface area (Å²) in [6.07, 6.45) is 0. The van der Waals surface area contributed by atoms with Crippen molar-refractivity contribution >= 4 is 40.3 Å². The summed E-state index contributed by atoms with van der Waals surface area (Å²) in [6.45, 7) is 0.695. The second-order valence-corrected chi connectivity index (χ2v) is 7.19. The summed E-state index contributed by atoms with van der Waals surface area (Å²) >= 11 is 6.12. The third-order valence-electron chi connectivity index (χ3n) is 4.50. The average molecular weight is 447 g/mol. The number of urea groups is 1. The zero-order valence-electron chi connectivity index (χ0n) is 17.6. The van der Waals surface area contributed by atoms with E-state index in [0.29, 0.717) is 46.4 Å². The number of methoxy groups -OCH3 is 2. The van der Waals surface area contributed by atoms with Crippen LogP contribution in [0.15, 0.2) is 30.3 Å². The van der Waals surface area contributed by atoms with Gasteiger partial charge in [-0.1, -0.05) is 16.8 Å². The molecule has 3 amide bonds. The Morgan fingerprint density at radius 1 is 1.13 bits per heavy atom. The molecule has 31 heavy (non-hydrogen) atoms. The number of carbonyl (C=O) groups is 2. The summed E-state index contributed by atoms with van der Waals surface area (Å²) in [7, 11) is 6.36. The van der Waals surface area contributed by atoms with Crippen LogP contribution in [0.25, 0.3) is 11.0 Å². The van der Waals surface area contributed by atoms with Gasteiger partial charge in [-0.2, -0.15) is 0 Å². The maximum absolute atomic E-state index is 12.3. The number of halogens is 1. The van der Waals surface area contributed by atoms with Gasteiger partial charge in [0.25, 0.3) is 5.91 Å². The molecule has 2 N–H and O–H groups in total. The molecule has 0 atom stereocenters. The predicted molar refractivity (Wildman–Crippen MR) is 117 cm³/mol. The van der Waals surface area contributed by atoms with Crippen LogP contribution in [0, 0.1) is 0 Å². The Bertz CT molecular complexity index is 1110. The first-order valence-corrected chi connectivity index (χ1v) is 9.73. The molecule has 3 aromatic rings. The molecule has 10 nitrogen and oxygen atoms in total. The molecular weight excluding hydrogens is 424 g/mol. The maximum atomic E-state index is 12.3. The van der Waals surface area contributed by atoms with Gasteiger partial charge in [-0.15, -0.1) is 5.10 Å². The number of benzene rings is 2. The number of amides is 3. The zero-order valence-corrected chi connectivity index (χ0v) is 18.4. The summed E-state index contributed by atoms with van der Waals surface area (Å²) in [5.74, 6) is 0.753. The zero-order chi connectivity index (χ0) is 22.5. The molecule has 0 saturated carbocycles. The van der Waals surface area contributed by atoms with Crippen LogP contribution in [0.3, 0.4) is 0 Å². The van der Waals surface area contributed by atoms with Crippen molar-refractivity contribution in [2.75, 3.05) is 40.2 Å². The van der Waals surface area contributed by atoms with Gasteiger partial charge in [-0.25, -0.2) is 9.48 Å². The number of nitrogens with one attached hydrogen (secondary N) is 2. The van der Waals surface area contributed by atoms with Gasteiger partial charge in [0.15, 0.2) is 0 Å². The van der Waals surface area contributed by atoms with Gasteiger partial charge >= 0.3 is 6.03 Å². The van der Waals surface area contributed by atoms with Gasteiger partial charge in [0.05, 0.1) is 37.0 Å². The Balaban J connectivity index is 1.61. The van der Waals surface area contributed by atoms with E-state index in [2.05, 4.69) is 20.9 Å². The lowest BCUT2D eigenvalue weighted by molar-refractivity contribution is 0.0827. The van der Waals surface area contributed by atoms with Crippen LogP contribution >= 0.6 is 11.6 Å². The van der Waals surface area contributed by atoms with Crippen LogP contribution in [-0.2, 0) is 6.54 Å². The van der Waals surface area contributed by atoms with E-state index in [1.54, 1.807) is 49.1 Å². The Hall–Kier alpha value is -3.53. The number of rotatable bonds is 7. The highest BCUT2D eigenvalue weighted by molar-refractivity contribution is 6.32. The van der Waals surface area contributed by atoms with Crippen LogP contribution in [0.4, 0.5) is 10.5 Å². The average Bonchev–Trinajstić information content (AvgIpc) is 3.15. The number of hydrogen-bond acceptors (Lipinski definition) is 6. The van der Waals surface area contributed by atoms with E-state index in [1.165, 1.54) is 19.1 Å². The third-order valence-corrected chi connectivity index (χ3v) is 4.79. The minimum Gasteiger partial charge on any atom is -0.495 e. The van der Waals surface area contributed by atoms with Crippen LogP contribution in [0.2, 0.25) is 5.02 Å². The minimum absolute atomic E-state index is 0.108. The molecule has 0 aliphatic carbocycles. The molecule has 2 aromatic carbocycles. The van der Waals surface area contributed by atoms with E-state index in [9.17, 15) is 9.59 Å². The van der Waals surface area contributed by atoms with Crippen molar-refractivity contribution in [1.29, 1.82) is 0 Å². The number of carbonyl (C=O) groups excluding carboxylic acids is 2. The number of ether oxygens (including phenoxy) is 2. The Kier molecular flexibility index (Phi) is 6.81. The van der Waals surface area contributed by atoms with Crippen molar-refractivity contribution in [2.45, 2.75) is 6.54 Å². The number of hydrogen-bond donors (Lipinski definition) is 2. The molecule has 1 heterocycles. The van der Waals surface area contributed by atoms with E-state index < -0.39 is 6.03 Å². The number of anilines is 1. The summed E-state index contributed by atoms with van der Waals surface area (Å²) < 4.78 is 12.1. The van der Waals surface area contributed by atoms with Crippen LogP contribution in [0.1, 0.15) is 10.4 Å². The van der Waals surface area contributed by atoms with Gasteiger partial charge in [-0.05, 0) is 24.3 Å². The van der Waals surface area contributed by atoms with Crippen LogP contribution in [-0.4, -0.2) is 66.7 Å². The lowest BCUT2D eigenvalue weighted by Gasteiger charge is -2.13. The first kappa shape index (κ1) is 22.2. The molecule has 0 bridgehead atoms. The SMILES string of the molecule is COc1cc(OC)c(NC(=O)NCCn2nnc3cc(C(=O)N(C)C)ccc32)cc1Cl. The fourth-order valence-corrected chi connectivity index (χ4v) is 3.17. The van der Waals surface area contributed by atoms with E-state index >= 15 is 0 Å². The molecule has 164 valence electrons. The molecule has 11 heteroatoms. The van der Waals surface area contributed by atoms with Crippen molar-refractivity contribution in [3.05, 3.63) is 40.9 Å². The highest BCUT2D eigenvalue weighted by Gasteiger charge is 2.14. The van der Waals surface area contributed by atoms with Crippen molar-refractivity contribution in [1.82, 2.24) is 25.2 Å². The molecule has 0 fully saturated rings. The first-order chi connectivity index (χ1) is 14.8. The molecule has 0 unspecified atom stereocenters. The summed E-state index contributed by atoms with van der Waals surface area (Å²) in [6, 6.07) is 7.93. The van der Waals surface area contributed by atoms with Gasteiger partial charge in [0.2, 0.25) is 0 Å². The predicted octanol–water partition coefficient (Wildman–Crippen LogP) is 2.63. The molecule has 1 aromatic heterocycles. The molecule has 0 spiro atoms. The van der Waals surface area contributed by atoms with Crippen LogP contribution < -0.4 is 20.1 Å². The Morgan fingerprint density at radius 3 is 2.55 bits per heavy atom. The number of aromatic nitrogens is 3. The lowest BCUT2D eigenvalue weighted by Crippen LogP contribution is -2.31. The highest BCUT2D eigenvalue weighted by Crippen LogP contribution is 2.35. The molecule has 0 radical (unpaired) electrons. The maximum Gasteiger partial charge on any atom is 0.319 e. The Morgan fingerprint density at radius 2 is 1.87 bits per heavy atom. The minimum atomic E-state index is -0.428. The van der Waals surface area contributed by atoms with Gasteiger partial charge in [-0.3, -0.25) is 4.79 Å². The normalized spacial score (nSPS) is 10.6. The quantitative estimate of drug-likeness (QED) is 0.577. The first-order valence-electron chi connectivity index (χ1n) is 9.35. The topological polar surface area (TPSA) is 111 Å². The molecular formula is C20H23ClN6O4. The summed E-state index contributed by atoms with van der Waals surface area (Å²) in [5.41, 5.74) is 2.32. The number of fused-ring (bicyclic) bond motifs is 1. The van der Waals surface area contributed by atoms with Crippen molar-refractivity contribution in [2.24, 2.45) is 0 Å². The van der Waals surface area contributed by atoms with Gasteiger partial charge in [0.1, 0.15) is 17.0 Å². The van der Waals surface area contributed by atoms with Gasteiger partial charge in [0, 0.05) is 32.3 Å². The Labute approximate surface area is 184 Å². The van der Waals surface area contributed by atoms with E-state index in [0.717, 1.165) is 5.52 Å². The monoisotopic (exact) mass is 446 g/mol. The standard InChI is InChI=1S/C20H23ClN6O4/c1-26(2)19(28)12-5-6-16-14(9-12)24-25-27(16)8-7-22-20(29)23-15-10-13(21)17(30-3)11-18(15)31-4/h5-6,9-11H,7-8H2,1-4H3,(H2,22,23,29). The van der Waals surface area contributed by atoms with Crippen molar-refractivity contribution in [3.63, 3.8) is 0 Å². The number of nitrogens with zero attached hydrogens (tertiary/aromatic N) is 4. The fraction of sp³-hybridized carbons (Fsp3) is 0.300. The second kappa shape index (κ2) is 9.52. The smallest absolute Gasteiger partial charge is 0.319 e. The third kappa shape index (κ3) is 4.97. The van der Waals surface area contributed by atoms with Crippen LogP contribution in [0.5, 0.6) is 11.5 Å².